The summed E-state index contributed by atoms with van der Waals surface area (Å²) in [4.78, 5) is 33.5. The largest absolute Gasteiger partial charge is 0.390 e. The van der Waals surface area contributed by atoms with E-state index in [-0.39, 0.29) is 43.1 Å². The molecule has 0 unspecified atom stereocenters. The fraction of sp³-hybridized carbons (Fsp3) is 0.562. The molecule has 8 nitrogen and oxygen atoms in total. The third kappa shape index (κ3) is 10.00. The number of nitrogens with one attached hydrogen (secondary N) is 2. The van der Waals surface area contributed by atoms with E-state index >= 15 is 8.78 Å². The van der Waals surface area contributed by atoms with Gasteiger partial charge < -0.3 is 20.4 Å². The predicted molar refractivity (Wildman–Crippen MR) is 169 cm³/mol. The number of nitrogens with zero attached hydrogens (tertiary/aromatic N) is 4. The van der Waals surface area contributed by atoms with Crippen LogP contribution in [-0.2, 0) is 11.3 Å². The van der Waals surface area contributed by atoms with E-state index in [1.807, 2.05) is 35.6 Å². The average Bonchev–Trinajstić information content (AvgIpc) is 2.98. The number of benzene rings is 2. The Balaban J connectivity index is 1.43. The molecule has 2 amide bonds. The van der Waals surface area contributed by atoms with Gasteiger partial charge >= 0.3 is 6.18 Å². The van der Waals surface area contributed by atoms with Crippen molar-refractivity contribution in [1.82, 2.24) is 20.0 Å². The van der Waals surface area contributed by atoms with Gasteiger partial charge in [-0.3, -0.25) is 19.4 Å². The number of anilines is 2. The minimum atomic E-state index is -4.25. The minimum Gasteiger partial charge on any atom is -0.367 e. The Morgan fingerprint density at radius 3 is 2.39 bits per heavy atom. The molecule has 2 heterocycles. The molecule has 0 spiro atoms. The van der Waals surface area contributed by atoms with E-state index in [4.69, 9.17) is 11.6 Å². The van der Waals surface area contributed by atoms with Crippen LogP contribution in [0.1, 0.15) is 42.6 Å². The molecule has 4 rings (SSSR count). The molecule has 46 heavy (non-hydrogen) atoms. The van der Waals surface area contributed by atoms with Crippen molar-refractivity contribution in [1.29, 1.82) is 0 Å². The maximum absolute atomic E-state index is 15.2. The molecule has 2 aromatic carbocycles. The predicted octanol–water partition coefficient (Wildman–Crippen LogP) is 5.22. The second-order valence-electron chi connectivity index (χ2n) is 12.5. The van der Waals surface area contributed by atoms with E-state index in [1.54, 1.807) is 18.2 Å². The Kier molecular flexibility index (Phi) is 12.3. The van der Waals surface area contributed by atoms with Crippen LogP contribution in [0.15, 0.2) is 30.3 Å². The van der Waals surface area contributed by atoms with E-state index in [9.17, 15) is 22.8 Å². The van der Waals surface area contributed by atoms with Crippen molar-refractivity contribution < 1.29 is 31.5 Å². The normalized spacial score (nSPS) is 18.7. The van der Waals surface area contributed by atoms with Crippen LogP contribution >= 0.6 is 11.6 Å². The summed E-state index contributed by atoms with van der Waals surface area (Å²) in [5, 5.41) is 5.66. The molecule has 2 aliphatic heterocycles. The summed E-state index contributed by atoms with van der Waals surface area (Å²) < 4.78 is 69.1. The molecule has 254 valence electrons. The molecule has 2 aromatic rings. The smallest absolute Gasteiger partial charge is 0.367 e. The lowest BCUT2D eigenvalue weighted by molar-refractivity contribution is -0.139. The minimum absolute atomic E-state index is 0.0902. The van der Waals surface area contributed by atoms with Gasteiger partial charge in [0, 0.05) is 75.5 Å². The molecule has 0 saturated carbocycles. The molecule has 0 bridgehead atoms. The Bertz CT molecular complexity index is 1370. The zero-order valence-electron chi connectivity index (χ0n) is 26.4. The van der Waals surface area contributed by atoms with Crippen molar-refractivity contribution >= 4 is 34.8 Å². The second-order valence-corrected chi connectivity index (χ2v) is 12.9. The van der Waals surface area contributed by atoms with Crippen LogP contribution in [0, 0.1) is 17.6 Å². The summed E-state index contributed by atoms with van der Waals surface area (Å²) in [5.74, 6) is -3.51. The Morgan fingerprint density at radius 2 is 1.72 bits per heavy atom. The van der Waals surface area contributed by atoms with Gasteiger partial charge in [0.05, 0.1) is 29.9 Å². The highest BCUT2D eigenvalue weighted by Crippen LogP contribution is 2.33. The van der Waals surface area contributed by atoms with Crippen LogP contribution < -0.4 is 15.5 Å². The second kappa shape index (κ2) is 15.7. The lowest BCUT2D eigenvalue weighted by Gasteiger charge is -2.43. The molecule has 2 N–H and O–H groups in total. The van der Waals surface area contributed by atoms with Gasteiger partial charge in [-0.05, 0) is 43.7 Å². The highest BCUT2D eigenvalue weighted by molar-refractivity contribution is 6.31. The summed E-state index contributed by atoms with van der Waals surface area (Å²) in [6, 6.07) is 7.02. The van der Waals surface area contributed by atoms with Gasteiger partial charge in [0.15, 0.2) is 11.6 Å². The molecule has 2 fully saturated rings. The molecule has 0 aromatic heterocycles. The fourth-order valence-electron chi connectivity index (χ4n) is 5.87. The summed E-state index contributed by atoms with van der Waals surface area (Å²) in [7, 11) is 2.01. The number of hydrogen-bond acceptors (Lipinski definition) is 6. The first-order chi connectivity index (χ1) is 21.7. The van der Waals surface area contributed by atoms with Gasteiger partial charge in [-0.1, -0.05) is 31.5 Å². The van der Waals surface area contributed by atoms with E-state index in [2.05, 4.69) is 15.5 Å². The first-order valence-corrected chi connectivity index (χ1v) is 15.9. The molecule has 1 atom stereocenters. The van der Waals surface area contributed by atoms with Gasteiger partial charge in [0.2, 0.25) is 5.91 Å². The van der Waals surface area contributed by atoms with E-state index in [0.29, 0.717) is 42.5 Å². The summed E-state index contributed by atoms with van der Waals surface area (Å²) in [6.07, 6.45) is -4.48. The lowest BCUT2D eigenvalue weighted by Crippen LogP contribution is -2.54. The number of rotatable bonds is 11. The Hall–Kier alpha value is -3.00. The van der Waals surface area contributed by atoms with Gasteiger partial charge in [-0.2, -0.15) is 13.2 Å². The number of carbonyl (C=O) groups is 2. The van der Waals surface area contributed by atoms with Crippen molar-refractivity contribution in [3.05, 3.63) is 58.1 Å². The van der Waals surface area contributed by atoms with Gasteiger partial charge in [-0.25, -0.2) is 8.78 Å². The lowest BCUT2D eigenvalue weighted by atomic mass is 9.99. The Labute approximate surface area is 271 Å². The van der Waals surface area contributed by atoms with Gasteiger partial charge in [0.1, 0.15) is 0 Å². The third-order valence-electron chi connectivity index (χ3n) is 8.43. The van der Waals surface area contributed by atoms with Crippen LogP contribution in [0.5, 0.6) is 0 Å². The molecule has 2 aliphatic rings. The zero-order chi connectivity index (χ0) is 33.6. The SMILES string of the molecule is CC(C)C[C@H]1CN(c2cc(Cl)ccc2NC(=O)c2ccc(CNC(=O)CN3CCN(C)CC3)c(F)c2F)CCN1CCC(F)(F)F. The molecule has 14 heteroatoms. The quantitative estimate of drug-likeness (QED) is 0.319. The van der Waals surface area contributed by atoms with Crippen molar-refractivity contribution in [2.75, 3.05) is 76.2 Å². The van der Waals surface area contributed by atoms with Crippen LogP contribution in [0.2, 0.25) is 5.02 Å². The number of hydrogen-bond donors (Lipinski definition) is 2. The average molecular weight is 673 g/mol. The number of likely N-dealkylation sites (N-methyl/N-ethyl adjacent to an activating group) is 1. The number of carbonyl (C=O) groups excluding carboxylic acids is 2. The fourth-order valence-corrected chi connectivity index (χ4v) is 6.03. The third-order valence-corrected chi connectivity index (χ3v) is 8.66. The molecule has 0 aliphatic carbocycles. The molecule has 0 radical (unpaired) electrons. The van der Waals surface area contributed by atoms with Crippen LogP contribution in [0.4, 0.5) is 33.3 Å². The summed E-state index contributed by atoms with van der Waals surface area (Å²) >= 11 is 6.30. The summed E-state index contributed by atoms with van der Waals surface area (Å²) in [5.41, 5.74) is 0.236. The number of piperazine rings is 2. The van der Waals surface area contributed by atoms with Crippen molar-refractivity contribution in [2.24, 2.45) is 5.92 Å². The maximum Gasteiger partial charge on any atom is 0.390 e. The van der Waals surface area contributed by atoms with Crippen LogP contribution in [0.25, 0.3) is 0 Å². The zero-order valence-corrected chi connectivity index (χ0v) is 27.2. The van der Waals surface area contributed by atoms with E-state index in [1.165, 1.54) is 12.1 Å². The van der Waals surface area contributed by atoms with Crippen molar-refractivity contribution in [3.63, 3.8) is 0 Å². The number of halogens is 6. The number of amides is 2. The molecular formula is C32H42ClF5N6O2. The Morgan fingerprint density at radius 1 is 1.00 bits per heavy atom. The van der Waals surface area contributed by atoms with Gasteiger partial charge in [-0.15, -0.1) is 0 Å². The molecule has 2 saturated heterocycles. The number of alkyl halides is 3. The van der Waals surface area contributed by atoms with E-state index in [0.717, 1.165) is 26.2 Å². The summed E-state index contributed by atoms with van der Waals surface area (Å²) in [6.45, 7) is 8.16. The first-order valence-electron chi connectivity index (χ1n) is 15.5. The highest BCUT2D eigenvalue weighted by atomic mass is 35.5. The highest BCUT2D eigenvalue weighted by Gasteiger charge is 2.33. The standard InChI is InChI=1S/C32H42ClF5N6O2/c1-21(2)16-24-19-44(15-14-43(24)9-8-32(36,37)38)27-17-23(33)5-7-26(27)40-31(46)25-6-4-22(29(34)30(25)35)18-39-28(45)20-42-12-10-41(3)11-13-42/h4-7,17,21,24H,8-16,18-20H2,1-3H3,(H,39,45)(H,40,46)/t24-/m0/s1. The van der Waals surface area contributed by atoms with Crippen LogP contribution in [-0.4, -0.2) is 105 Å². The van der Waals surface area contributed by atoms with Crippen molar-refractivity contribution in [2.45, 2.75) is 45.5 Å². The maximum atomic E-state index is 15.2. The van der Waals surface area contributed by atoms with Crippen LogP contribution in [0.3, 0.4) is 0 Å². The van der Waals surface area contributed by atoms with Gasteiger partial charge in [0.25, 0.3) is 5.91 Å². The van der Waals surface area contributed by atoms with Crippen molar-refractivity contribution in [3.8, 4) is 0 Å². The monoisotopic (exact) mass is 672 g/mol. The topological polar surface area (TPSA) is 71.2 Å². The first kappa shape index (κ1) is 35.8. The molecular weight excluding hydrogens is 631 g/mol. The van der Waals surface area contributed by atoms with E-state index < -0.39 is 35.7 Å².